The van der Waals surface area contributed by atoms with Gasteiger partial charge in [-0.2, -0.15) is 0 Å². The number of hydrogen-bond donors (Lipinski definition) is 1. The van der Waals surface area contributed by atoms with Crippen molar-refractivity contribution in [1.29, 1.82) is 0 Å². The summed E-state index contributed by atoms with van der Waals surface area (Å²) in [5.41, 5.74) is 4.66. The topological polar surface area (TPSA) is 20.2 Å². The standard InChI is InChI=1S/C16H20OS/c1-5-13-6-7-14(18-13)16(17)15-11(3)8-10(2)9-12(15)4/h6-9,16-17H,5H2,1-4H3. The van der Waals surface area contributed by atoms with Crippen LogP contribution in [0, 0.1) is 20.8 Å². The lowest BCUT2D eigenvalue weighted by atomic mass is 9.95. The van der Waals surface area contributed by atoms with E-state index < -0.39 is 6.10 Å². The van der Waals surface area contributed by atoms with Crippen LogP contribution in [0.2, 0.25) is 0 Å². The Morgan fingerprint density at radius 1 is 1.11 bits per heavy atom. The molecule has 0 bridgehead atoms. The van der Waals surface area contributed by atoms with Crippen molar-refractivity contribution in [3.8, 4) is 0 Å². The van der Waals surface area contributed by atoms with Gasteiger partial charge >= 0.3 is 0 Å². The van der Waals surface area contributed by atoms with Gasteiger partial charge < -0.3 is 5.11 Å². The van der Waals surface area contributed by atoms with Crippen molar-refractivity contribution in [2.45, 2.75) is 40.2 Å². The van der Waals surface area contributed by atoms with Crippen LogP contribution in [0.1, 0.15) is 45.0 Å². The van der Waals surface area contributed by atoms with E-state index in [0.29, 0.717) is 0 Å². The molecular formula is C16H20OS. The molecule has 0 radical (unpaired) electrons. The molecule has 2 aromatic rings. The minimum absolute atomic E-state index is 0.490. The average molecular weight is 260 g/mol. The van der Waals surface area contributed by atoms with Crippen molar-refractivity contribution in [2.75, 3.05) is 0 Å². The molecule has 1 aromatic carbocycles. The van der Waals surface area contributed by atoms with Gasteiger partial charge in [-0.15, -0.1) is 11.3 Å². The van der Waals surface area contributed by atoms with Gasteiger partial charge in [-0.3, -0.25) is 0 Å². The van der Waals surface area contributed by atoms with Crippen LogP contribution in [0.15, 0.2) is 24.3 Å². The van der Waals surface area contributed by atoms with Crippen LogP contribution >= 0.6 is 11.3 Å². The number of aliphatic hydroxyl groups excluding tert-OH is 1. The van der Waals surface area contributed by atoms with E-state index in [0.717, 1.165) is 16.9 Å². The van der Waals surface area contributed by atoms with E-state index in [9.17, 15) is 5.11 Å². The Kier molecular flexibility index (Phi) is 3.88. The van der Waals surface area contributed by atoms with E-state index in [1.165, 1.54) is 21.6 Å². The van der Waals surface area contributed by atoms with Gasteiger partial charge in [-0.05, 0) is 56.0 Å². The van der Waals surface area contributed by atoms with Gasteiger partial charge in [0.2, 0.25) is 0 Å². The Morgan fingerprint density at radius 3 is 2.22 bits per heavy atom. The maximum Gasteiger partial charge on any atom is 0.114 e. The second-order valence-electron chi connectivity index (χ2n) is 4.87. The van der Waals surface area contributed by atoms with Crippen molar-refractivity contribution in [2.24, 2.45) is 0 Å². The number of benzene rings is 1. The maximum atomic E-state index is 10.6. The Hall–Kier alpha value is -1.12. The fraction of sp³-hybridized carbons (Fsp3) is 0.375. The third-order valence-electron chi connectivity index (χ3n) is 3.31. The molecule has 2 heteroatoms. The minimum atomic E-state index is -0.490. The molecule has 0 aliphatic heterocycles. The van der Waals surface area contributed by atoms with Crippen molar-refractivity contribution in [3.05, 3.63) is 56.3 Å². The van der Waals surface area contributed by atoms with Crippen LogP contribution < -0.4 is 0 Å². The van der Waals surface area contributed by atoms with Gasteiger partial charge in [0.05, 0.1) is 0 Å². The molecule has 1 aromatic heterocycles. The normalized spacial score (nSPS) is 12.7. The molecule has 1 unspecified atom stereocenters. The van der Waals surface area contributed by atoms with Gasteiger partial charge in [-0.25, -0.2) is 0 Å². The molecule has 1 nitrogen and oxygen atoms in total. The molecule has 0 saturated heterocycles. The molecule has 1 N–H and O–H groups in total. The summed E-state index contributed by atoms with van der Waals surface area (Å²) in [5, 5.41) is 10.6. The third-order valence-corrected chi connectivity index (χ3v) is 4.59. The van der Waals surface area contributed by atoms with Gasteiger partial charge in [0.1, 0.15) is 6.10 Å². The Labute approximate surface area is 113 Å². The number of aliphatic hydroxyl groups is 1. The van der Waals surface area contributed by atoms with E-state index in [1.54, 1.807) is 11.3 Å². The van der Waals surface area contributed by atoms with Crippen molar-refractivity contribution in [3.63, 3.8) is 0 Å². The van der Waals surface area contributed by atoms with Crippen molar-refractivity contribution < 1.29 is 5.11 Å². The second kappa shape index (κ2) is 5.25. The first-order valence-electron chi connectivity index (χ1n) is 6.37. The Balaban J connectivity index is 2.42. The molecule has 0 spiro atoms. The predicted molar refractivity (Wildman–Crippen MR) is 78.4 cm³/mol. The van der Waals surface area contributed by atoms with Crippen LogP contribution in [-0.2, 0) is 6.42 Å². The number of rotatable bonds is 3. The molecule has 0 amide bonds. The summed E-state index contributed by atoms with van der Waals surface area (Å²) >= 11 is 1.71. The monoisotopic (exact) mass is 260 g/mol. The average Bonchev–Trinajstić information content (AvgIpc) is 2.75. The summed E-state index contributed by atoms with van der Waals surface area (Å²) in [5.74, 6) is 0. The summed E-state index contributed by atoms with van der Waals surface area (Å²) in [6.07, 6.45) is 0.541. The summed E-state index contributed by atoms with van der Waals surface area (Å²) in [7, 11) is 0. The first kappa shape index (κ1) is 13.3. The Morgan fingerprint density at radius 2 is 1.72 bits per heavy atom. The summed E-state index contributed by atoms with van der Waals surface area (Å²) in [4.78, 5) is 2.37. The van der Waals surface area contributed by atoms with Gasteiger partial charge in [0.25, 0.3) is 0 Å². The van der Waals surface area contributed by atoms with Crippen LogP contribution in [0.3, 0.4) is 0 Å². The zero-order chi connectivity index (χ0) is 13.3. The van der Waals surface area contributed by atoms with E-state index in [-0.39, 0.29) is 0 Å². The lowest BCUT2D eigenvalue weighted by Crippen LogP contribution is -2.03. The number of hydrogen-bond acceptors (Lipinski definition) is 2. The first-order chi connectivity index (χ1) is 8.52. The molecule has 18 heavy (non-hydrogen) atoms. The quantitative estimate of drug-likeness (QED) is 0.871. The zero-order valence-corrected chi connectivity index (χ0v) is 12.3. The smallest absolute Gasteiger partial charge is 0.114 e. The molecule has 1 atom stereocenters. The molecular weight excluding hydrogens is 240 g/mol. The zero-order valence-electron chi connectivity index (χ0n) is 11.4. The van der Waals surface area contributed by atoms with Crippen LogP contribution in [0.5, 0.6) is 0 Å². The fourth-order valence-corrected chi connectivity index (χ4v) is 3.44. The van der Waals surface area contributed by atoms with Gasteiger partial charge in [-0.1, -0.05) is 24.6 Å². The third kappa shape index (κ3) is 2.50. The highest BCUT2D eigenvalue weighted by Crippen LogP contribution is 2.32. The minimum Gasteiger partial charge on any atom is -0.383 e. The van der Waals surface area contributed by atoms with Crippen LogP contribution in [0.4, 0.5) is 0 Å². The molecule has 1 heterocycles. The molecule has 0 aliphatic carbocycles. The molecule has 0 aliphatic rings. The lowest BCUT2D eigenvalue weighted by Gasteiger charge is -2.16. The molecule has 0 fully saturated rings. The van der Waals surface area contributed by atoms with Gasteiger partial charge in [0.15, 0.2) is 0 Å². The van der Waals surface area contributed by atoms with Gasteiger partial charge in [0, 0.05) is 9.75 Å². The SMILES string of the molecule is CCc1ccc(C(O)c2c(C)cc(C)cc2C)s1. The predicted octanol–water partition coefficient (Wildman–Crippen LogP) is 4.32. The van der Waals surface area contributed by atoms with E-state index in [1.807, 2.05) is 6.07 Å². The highest BCUT2D eigenvalue weighted by atomic mass is 32.1. The highest BCUT2D eigenvalue weighted by Gasteiger charge is 2.17. The van der Waals surface area contributed by atoms with Crippen LogP contribution in [0.25, 0.3) is 0 Å². The highest BCUT2D eigenvalue weighted by molar-refractivity contribution is 7.12. The molecule has 0 saturated carbocycles. The maximum absolute atomic E-state index is 10.6. The largest absolute Gasteiger partial charge is 0.383 e. The summed E-state index contributed by atoms with van der Waals surface area (Å²) < 4.78 is 0. The molecule has 96 valence electrons. The Bertz CT molecular complexity index is 531. The number of aryl methyl sites for hydroxylation is 4. The van der Waals surface area contributed by atoms with E-state index in [4.69, 9.17) is 0 Å². The lowest BCUT2D eigenvalue weighted by molar-refractivity contribution is 0.222. The summed E-state index contributed by atoms with van der Waals surface area (Å²) in [6, 6.07) is 8.44. The molecule has 2 rings (SSSR count). The van der Waals surface area contributed by atoms with Crippen molar-refractivity contribution in [1.82, 2.24) is 0 Å². The fourth-order valence-electron chi connectivity index (χ4n) is 2.50. The second-order valence-corrected chi connectivity index (χ2v) is 6.07. The summed E-state index contributed by atoms with van der Waals surface area (Å²) in [6.45, 7) is 8.39. The number of thiophene rings is 1. The van der Waals surface area contributed by atoms with Crippen LogP contribution in [-0.4, -0.2) is 5.11 Å². The first-order valence-corrected chi connectivity index (χ1v) is 7.19. The van der Waals surface area contributed by atoms with E-state index in [2.05, 4.69) is 45.9 Å². The van der Waals surface area contributed by atoms with E-state index >= 15 is 0 Å². The van der Waals surface area contributed by atoms with Crippen molar-refractivity contribution >= 4 is 11.3 Å².